The molecule has 1 atom stereocenters. The van der Waals surface area contributed by atoms with Crippen molar-refractivity contribution in [2.75, 3.05) is 16.8 Å². The average Bonchev–Trinajstić information content (AvgIpc) is 3.02. The van der Waals surface area contributed by atoms with Gasteiger partial charge in [-0.05, 0) is 42.3 Å². The van der Waals surface area contributed by atoms with E-state index in [-0.39, 0.29) is 18.4 Å². The minimum atomic E-state index is -0.695. The van der Waals surface area contributed by atoms with Crippen LogP contribution in [0.5, 0.6) is 0 Å². The highest BCUT2D eigenvalue weighted by Crippen LogP contribution is 2.34. The van der Waals surface area contributed by atoms with Gasteiger partial charge in [0.2, 0.25) is 0 Å². The maximum Gasteiger partial charge on any atom is 0.255 e. The first-order chi connectivity index (χ1) is 15.0. The third-order valence-corrected chi connectivity index (χ3v) is 5.94. The van der Waals surface area contributed by atoms with E-state index < -0.39 is 11.9 Å². The lowest BCUT2D eigenvalue weighted by Gasteiger charge is -2.30. The maximum atomic E-state index is 14.1. The Bertz CT molecular complexity index is 1180. The Kier molecular flexibility index (Phi) is 4.70. The SMILES string of the molecule is Cc1ccc2c(c1)C(=O)N([C@H]1CNc3ccc(F)cc3N(Cc3ccccc3)C1=O)C2. The summed E-state index contributed by atoms with van der Waals surface area (Å²) in [5.74, 6) is -0.779. The van der Waals surface area contributed by atoms with Crippen LogP contribution in [-0.4, -0.2) is 29.3 Å². The Morgan fingerprint density at radius 1 is 1.03 bits per heavy atom. The third-order valence-electron chi connectivity index (χ3n) is 5.94. The molecule has 3 aromatic rings. The quantitative estimate of drug-likeness (QED) is 0.700. The molecule has 2 aliphatic heterocycles. The number of anilines is 2. The number of nitrogens with zero attached hydrogens (tertiary/aromatic N) is 2. The lowest BCUT2D eigenvalue weighted by Crippen LogP contribution is -2.50. The molecule has 0 fully saturated rings. The van der Waals surface area contributed by atoms with Gasteiger partial charge in [0.1, 0.15) is 11.9 Å². The fourth-order valence-corrected chi connectivity index (χ4v) is 4.33. The molecule has 0 saturated heterocycles. The molecular weight excluding hydrogens is 393 g/mol. The molecule has 1 N–H and O–H groups in total. The summed E-state index contributed by atoms with van der Waals surface area (Å²) in [5, 5.41) is 3.26. The number of fused-ring (bicyclic) bond motifs is 2. The number of hydrogen-bond acceptors (Lipinski definition) is 3. The standard InChI is InChI=1S/C25H22FN3O2/c1-16-7-8-18-15-29(24(30)20(18)11-16)23-13-27-21-10-9-19(26)12-22(21)28(25(23)31)14-17-5-3-2-4-6-17/h2-12,23,27H,13-15H2,1H3/t23-/m0/s1. The molecule has 0 unspecified atom stereocenters. The van der Waals surface area contributed by atoms with Gasteiger partial charge in [-0.1, -0.05) is 48.0 Å². The molecule has 2 heterocycles. The number of nitrogens with one attached hydrogen (secondary N) is 1. The first kappa shape index (κ1) is 19.3. The number of amides is 2. The molecule has 0 saturated carbocycles. The van der Waals surface area contributed by atoms with E-state index in [0.717, 1.165) is 16.7 Å². The van der Waals surface area contributed by atoms with Crippen molar-refractivity contribution < 1.29 is 14.0 Å². The van der Waals surface area contributed by atoms with Gasteiger partial charge in [0.25, 0.3) is 11.8 Å². The second-order valence-electron chi connectivity index (χ2n) is 8.06. The Balaban J connectivity index is 1.52. The second kappa shape index (κ2) is 7.54. The van der Waals surface area contributed by atoms with Gasteiger partial charge < -0.3 is 15.1 Å². The number of halogens is 1. The summed E-state index contributed by atoms with van der Waals surface area (Å²) in [4.78, 5) is 30.1. The second-order valence-corrected chi connectivity index (χ2v) is 8.06. The van der Waals surface area contributed by atoms with Crippen molar-refractivity contribution in [3.8, 4) is 0 Å². The van der Waals surface area contributed by atoms with Crippen LogP contribution in [0.4, 0.5) is 15.8 Å². The van der Waals surface area contributed by atoms with Crippen LogP contribution in [0, 0.1) is 12.7 Å². The van der Waals surface area contributed by atoms with E-state index in [4.69, 9.17) is 0 Å². The number of hydrogen-bond donors (Lipinski definition) is 1. The molecule has 0 bridgehead atoms. The average molecular weight is 415 g/mol. The molecule has 31 heavy (non-hydrogen) atoms. The van der Waals surface area contributed by atoms with Crippen LogP contribution in [0.1, 0.15) is 27.0 Å². The first-order valence-electron chi connectivity index (χ1n) is 10.3. The molecule has 3 aromatic carbocycles. The number of aryl methyl sites for hydroxylation is 1. The zero-order chi connectivity index (χ0) is 21.5. The molecule has 5 rings (SSSR count). The normalized spacial score (nSPS) is 17.8. The number of benzene rings is 3. The molecule has 2 amide bonds. The topological polar surface area (TPSA) is 52.7 Å². The smallest absolute Gasteiger partial charge is 0.255 e. The van der Waals surface area contributed by atoms with Crippen molar-refractivity contribution in [3.05, 3.63) is 94.8 Å². The highest BCUT2D eigenvalue weighted by molar-refractivity contribution is 6.06. The summed E-state index contributed by atoms with van der Waals surface area (Å²) in [7, 11) is 0. The Morgan fingerprint density at radius 3 is 2.65 bits per heavy atom. The lowest BCUT2D eigenvalue weighted by molar-refractivity contribution is -0.122. The van der Waals surface area contributed by atoms with Gasteiger partial charge in [-0.3, -0.25) is 9.59 Å². The monoisotopic (exact) mass is 415 g/mol. The van der Waals surface area contributed by atoms with Crippen molar-refractivity contribution in [2.45, 2.75) is 26.1 Å². The summed E-state index contributed by atoms with van der Waals surface area (Å²) in [6.07, 6.45) is 0. The minimum absolute atomic E-state index is 0.143. The summed E-state index contributed by atoms with van der Waals surface area (Å²) in [5.41, 5.74) is 4.66. The van der Waals surface area contributed by atoms with E-state index in [9.17, 15) is 14.0 Å². The van der Waals surface area contributed by atoms with Crippen LogP contribution in [-0.2, 0) is 17.9 Å². The molecule has 0 aliphatic carbocycles. The predicted molar refractivity (Wildman–Crippen MR) is 117 cm³/mol. The van der Waals surface area contributed by atoms with Gasteiger partial charge in [0.05, 0.1) is 17.9 Å². The van der Waals surface area contributed by atoms with E-state index in [1.807, 2.05) is 55.5 Å². The van der Waals surface area contributed by atoms with E-state index in [2.05, 4.69) is 5.32 Å². The molecule has 2 aliphatic rings. The van der Waals surface area contributed by atoms with Crippen LogP contribution in [0.25, 0.3) is 0 Å². The summed E-state index contributed by atoms with van der Waals surface area (Å²) >= 11 is 0. The van der Waals surface area contributed by atoms with Crippen molar-refractivity contribution in [1.29, 1.82) is 0 Å². The van der Waals surface area contributed by atoms with Crippen molar-refractivity contribution in [3.63, 3.8) is 0 Å². The van der Waals surface area contributed by atoms with Gasteiger partial charge in [0.15, 0.2) is 0 Å². The predicted octanol–water partition coefficient (Wildman–Crippen LogP) is 4.12. The first-order valence-corrected chi connectivity index (χ1v) is 10.3. The number of rotatable bonds is 3. The maximum absolute atomic E-state index is 14.1. The fraction of sp³-hybridized carbons (Fsp3) is 0.200. The van der Waals surface area contributed by atoms with Gasteiger partial charge in [-0.2, -0.15) is 0 Å². The van der Waals surface area contributed by atoms with Crippen LogP contribution in [0.15, 0.2) is 66.7 Å². The Labute approximate surface area is 180 Å². The van der Waals surface area contributed by atoms with E-state index in [1.165, 1.54) is 12.1 Å². The van der Waals surface area contributed by atoms with Crippen LogP contribution in [0.3, 0.4) is 0 Å². The lowest BCUT2D eigenvalue weighted by atomic mass is 10.1. The number of carbonyl (C=O) groups is 2. The Hall–Kier alpha value is -3.67. The largest absolute Gasteiger partial charge is 0.381 e. The summed E-state index contributed by atoms with van der Waals surface area (Å²) < 4.78 is 14.1. The molecule has 6 heteroatoms. The zero-order valence-electron chi connectivity index (χ0n) is 17.1. The van der Waals surface area contributed by atoms with E-state index >= 15 is 0 Å². The van der Waals surface area contributed by atoms with Crippen molar-refractivity contribution >= 4 is 23.2 Å². The van der Waals surface area contributed by atoms with Gasteiger partial charge >= 0.3 is 0 Å². The highest BCUT2D eigenvalue weighted by atomic mass is 19.1. The summed E-state index contributed by atoms with van der Waals surface area (Å²) in [6, 6.07) is 19.1. The summed E-state index contributed by atoms with van der Waals surface area (Å²) in [6.45, 7) is 2.89. The third kappa shape index (κ3) is 3.44. The van der Waals surface area contributed by atoms with Crippen LogP contribution >= 0.6 is 0 Å². The molecule has 156 valence electrons. The molecule has 0 aromatic heterocycles. The van der Waals surface area contributed by atoms with E-state index in [1.54, 1.807) is 15.9 Å². The van der Waals surface area contributed by atoms with Gasteiger partial charge in [-0.15, -0.1) is 0 Å². The van der Waals surface area contributed by atoms with Crippen molar-refractivity contribution in [1.82, 2.24) is 4.90 Å². The fourth-order valence-electron chi connectivity index (χ4n) is 4.33. The van der Waals surface area contributed by atoms with Crippen LogP contribution < -0.4 is 10.2 Å². The minimum Gasteiger partial charge on any atom is -0.381 e. The molecule has 5 nitrogen and oxygen atoms in total. The van der Waals surface area contributed by atoms with Gasteiger partial charge in [0, 0.05) is 18.7 Å². The highest BCUT2D eigenvalue weighted by Gasteiger charge is 2.40. The number of carbonyl (C=O) groups excluding carboxylic acids is 2. The van der Waals surface area contributed by atoms with Crippen LogP contribution in [0.2, 0.25) is 0 Å². The molecule has 0 radical (unpaired) electrons. The molecule has 0 spiro atoms. The zero-order valence-corrected chi connectivity index (χ0v) is 17.1. The molecular formula is C25H22FN3O2. The van der Waals surface area contributed by atoms with Gasteiger partial charge in [-0.25, -0.2) is 4.39 Å². The van der Waals surface area contributed by atoms with Crippen molar-refractivity contribution in [2.24, 2.45) is 0 Å². The Morgan fingerprint density at radius 2 is 1.84 bits per heavy atom. The van der Waals surface area contributed by atoms with E-state index in [0.29, 0.717) is 30.0 Å².